The number of fused-ring (bicyclic) bond motifs is 5. The molecule has 7 atom stereocenters. The molecule has 3 heteroatoms. The van der Waals surface area contributed by atoms with Gasteiger partial charge in [-0.1, -0.05) is 32.4 Å². The molecule has 0 unspecified atom stereocenters. The van der Waals surface area contributed by atoms with Crippen molar-refractivity contribution in [1.82, 2.24) is 0 Å². The van der Waals surface area contributed by atoms with E-state index in [1.807, 2.05) is 6.92 Å². The van der Waals surface area contributed by atoms with E-state index in [2.05, 4.69) is 19.9 Å². The normalized spacial score (nSPS) is 48.8. The molecular formula is C22H34O3. The first-order valence-electron chi connectivity index (χ1n) is 10.5. The minimum atomic E-state index is -0.0965. The van der Waals surface area contributed by atoms with Crippen LogP contribution in [0.4, 0.5) is 0 Å². The molecule has 4 aliphatic rings. The number of ether oxygens (including phenoxy) is 1. The molecule has 3 fully saturated rings. The summed E-state index contributed by atoms with van der Waals surface area (Å²) in [5.74, 6) is 2.11. The number of carbonyl (C=O) groups excluding carboxylic acids is 1. The van der Waals surface area contributed by atoms with Crippen LogP contribution in [0.1, 0.15) is 78.6 Å². The molecule has 1 N–H and O–H groups in total. The lowest BCUT2D eigenvalue weighted by Gasteiger charge is -2.57. The third-order valence-corrected chi connectivity index (χ3v) is 8.60. The van der Waals surface area contributed by atoms with Crippen molar-refractivity contribution in [2.75, 3.05) is 0 Å². The summed E-state index contributed by atoms with van der Waals surface area (Å²) in [6.07, 6.45) is 11.8. The van der Waals surface area contributed by atoms with Crippen LogP contribution in [-0.4, -0.2) is 23.3 Å². The zero-order valence-corrected chi connectivity index (χ0v) is 16.1. The van der Waals surface area contributed by atoms with Gasteiger partial charge in [-0.3, -0.25) is 4.79 Å². The molecule has 25 heavy (non-hydrogen) atoms. The number of rotatable bonds is 2. The largest absolute Gasteiger partial charge is 0.462 e. The molecule has 0 amide bonds. The molecule has 0 aromatic rings. The van der Waals surface area contributed by atoms with Gasteiger partial charge in [-0.15, -0.1) is 0 Å². The number of hydrogen-bond acceptors (Lipinski definition) is 3. The van der Waals surface area contributed by atoms with Crippen LogP contribution >= 0.6 is 0 Å². The van der Waals surface area contributed by atoms with Crippen LogP contribution in [-0.2, 0) is 9.53 Å². The minimum Gasteiger partial charge on any atom is -0.462 e. The Morgan fingerprint density at radius 3 is 2.76 bits per heavy atom. The predicted molar refractivity (Wildman–Crippen MR) is 97.9 cm³/mol. The Morgan fingerprint density at radius 1 is 1.20 bits per heavy atom. The van der Waals surface area contributed by atoms with Gasteiger partial charge in [0.25, 0.3) is 0 Å². The fourth-order valence-corrected chi connectivity index (χ4v) is 6.97. The topological polar surface area (TPSA) is 46.5 Å². The first-order chi connectivity index (χ1) is 11.9. The number of hydrogen-bond donors (Lipinski definition) is 1. The van der Waals surface area contributed by atoms with Crippen LogP contribution < -0.4 is 0 Å². The molecule has 3 nitrogen and oxygen atoms in total. The summed E-state index contributed by atoms with van der Waals surface area (Å²) in [6.45, 7) is 6.69. The molecule has 0 bridgehead atoms. The first-order valence-corrected chi connectivity index (χ1v) is 10.5. The Hall–Kier alpha value is -0.830. The zero-order chi connectivity index (χ0) is 17.8. The third-order valence-electron chi connectivity index (χ3n) is 8.60. The van der Waals surface area contributed by atoms with Crippen molar-refractivity contribution in [1.29, 1.82) is 0 Å². The lowest BCUT2D eigenvalue weighted by molar-refractivity contribution is -0.151. The van der Waals surface area contributed by atoms with E-state index in [0.29, 0.717) is 12.3 Å². The maximum absolute atomic E-state index is 11.7. The second-order valence-corrected chi connectivity index (χ2v) is 9.61. The van der Waals surface area contributed by atoms with E-state index in [1.54, 1.807) is 5.57 Å². The summed E-state index contributed by atoms with van der Waals surface area (Å²) in [5.41, 5.74) is 1.99. The van der Waals surface area contributed by atoms with Crippen molar-refractivity contribution >= 4 is 5.97 Å². The fraction of sp³-hybridized carbons (Fsp3) is 0.864. The molecule has 0 saturated heterocycles. The summed E-state index contributed by atoms with van der Waals surface area (Å²) in [5, 5.41) is 10.5. The van der Waals surface area contributed by atoms with E-state index in [4.69, 9.17) is 4.74 Å². The van der Waals surface area contributed by atoms with Crippen molar-refractivity contribution < 1.29 is 14.6 Å². The van der Waals surface area contributed by atoms with Crippen molar-refractivity contribution in [3.8, 4) is 0 Å². The Bertz CT molecular complexity index is 582. The Morgan fingerprint density at radius 2 is 2.00 bits per heavy atom. The second kappa shape index (κ2) is 6.11. The number of aliphatic hydroxyl groups excluding tert-OH is 1. The van der Waals surface area contributed by atoms with E-state index in [0.717, 1.165) is 43.9 Å². The van der Waals surface area contributed by atoms with Gasteiger partial charge in [-0.05, 0) is 73.5 Å². The van der Waals surface area contributed by atoms with Gasteiger partial charge in [0.2, 0.25) is 0 Å². The lowest BCUT2D eigenvalue weighted by atomic mass is 9.48. The molecule has 0 spiro atoms. The van der Waals surface area contributed by atoms with E-state index < -0.39 is 0 Å². The predicted octanol–water partition coefficient (Wildman–Crippen LogP) is 4.63. The van der Waals surface area contributed by atoms with Gasteiger partial charge in [-0.2, -0.15) is 0 Å². The summed E-state index contributed by atoms with van der Waals surface area (Å²) >= 11 is 0. The lowest BCUT2D eigenvalue weighted by Crippen LogP contribution is -2.51. The molecule has 140 valence electrons. The second-order valence-electron chi connectivity index (χ2n) is 9.61. The molecular weight excluding hydrogens is 312 g/mol. The summed E-state index contributed by atoms with van der Waals surface area (Å²) in [6, 6.07) is 0. The highest BCUT2D eigenvalue weighted by Crippen LogP contribution is 2.64. The van der Waals surface area contributed by atoms with Crippen molar-refractivity contribution in [2.45, 2.75) is 90.8 Å². The van der Waals surface area contributed by atoms with E-state index in [-0.39, 0.29) is 29.0 Å². The highest BCUT2D eigenvalue weighted by molar-refractivity contribution is 5.69. The van der Waals surface area contributed by atoms with E-state index in [1.165, 1.54) is 19.3 Å². The van der Waals surface area contributed by atoms with Gasteiger partial charge in [-0.25, -0.2) is 0 Å². The van der Waals surface area contributed by atoms with Crippen LogP contribution in [0.25, 0.3) is 0 Å². The monoisotopic (exact) mass is 346 g/mol. The van der Waals surface area contributed by atoms with Gasteiger partial charge < -0.3 is 9.84 Å². The summed E-state index contributed by atoms with van der Waals surface area (Å²) < 4.78 is 5.66. The average Bonchev–Trinajstić information content (AvgIpc) is 2.90. The Kier molecular flexibility index (Phi) is 4.30. The van der Waals surface area contributed by atoms with Crippen molar-refractivity contribution in [3.63, 3.8) is 0 Å². The third kappa shape index (κ3) is 2.60. The average molecular weight is 347 g/mol. The quantitative estimate of drug-likeness (QED) is 0.585. The van der Waals surface area contributed by atoms with Crippen molar-refractivity contribution in [2.24, 2.45) is 28.6 Å². The number of carbonyl (C=O) groups is 1. The van der Waals surface area contributed by atoms with Crippen LogP contribution in [0.15, 0.2) is 11.6 Å². The summed E-state index contributed by atoms with van der Waals surface area (Å²) in [4.78, 5) is 11.7. The van der Waals surface area contributed by atoms with Crippen molar-refractivity contribution in [3.05, 3.63) is 11.6 Å². The van der Waals surface area contributed by atoms with Crippen LogP contribution in [0, 0.1) is 28.6 Å². The molecule has 4 rings (SSSR count). The van der Waals surface area contributed by atoms with Gasteiger partial charge in [0.15, 0.2) is 0 Å². The number of aliphatic hydroxyl groups is 1. The number of allylic oxidation sites excluding steroid dienone is 1. The molecule has 0 radical (unpaired) electrons. The SMILES string of the molecule is CCC(=O)O[C@H]1CC[C@@]2(C)C(=CC[C@H]3[C@@H]4CC[C@H](O)[C@@]4(C)CC[C@@H]32)C1. The van der Waals surface area contributed by atoms with Gasteiger partial charge in [0, 0.05) is 12.8 Å². The Labute approximate surface area is 152 Å². The summed E-state index contributed by atoms with van der Waals surface area (Å²) in [7, 11) is 0. The first kappa shape index (κ1) is 17.6. The highest BCUT2D eigenvalue weighted by atomic mass is 16.5. The minimum absolute atomic E-state index is 0.0590. The zero-order valence-electron chi connectivity index (χ0n) is 16.1. The number of esters is 1. The maximum Gasteiger partial charge on any atom is 0.305 e. The molecule has 3 saturated carbocycles. The molecule has 4 aliphatic carbocycles. The van der Waals surface area contributed by atoms with E-state index >= 15 is 0 Å². The van der Waals surface area contributed by atoms with Gasteiger partial charge in [0.05, 0.1) is 6.10 Å². The standard InChI is InChI=1S/C22H34O3/c1-4-20(24)25-15-9-11-21(2)14(13-15)5-6-16-17-7-8-19(23)22(17,3)12-10-18(16)21/h5,15-19,23H,4,6-13H2,1-3H3/t15-,16-,17-,18-,19-,21-,22-/m0/s1. The Balaban J connectivity index is 1.55. The van der Waals surface area contributed by atoms with Crippen LogP contribution in [0.5, 0.6) is 0 Å². The molecule has 0 aliphatic heterocycles. The van der Waals surface area contributed by atoms with Gasteiger partial charge >= 0.3 is 5.97 Å². The van der Waals surface area contributed by atoms with Crippen LogP contribution in [0.2, 0.25) is 0 Å². The van der Waals surface area contributed by atoms with E-state index in [9.17, 15) is 9.90 Å². The smallest absolute Gasteiger partial charge is 0.305 e. The molecule has 0 aromatic heterocycles. The fourth-order valence-electron chi connectivity index (χ4n) is 6.97. The van der Waals surface area contributed by atoms with Gasteiger partial charge in [0.1, 0.15) is 6.10 Å². The van der Waals surface area contributed by atoms with Crippen LogP contribution in [0.3, 0.4) is 0 Å². The maximum atomic E-state index is 11.7. The molecule has 0 aromatic carbocycles. The molecule has 0 heterocycles. The highest BCUT2D eigenvalue weighted by Gasteiger charge is 2.58.